The largest absolute Gasteiger partial charge is 0.326 e. The van der Waals surface area contributed by atoms with E-state index in [-0.39, 0.29) is 0 Å². The topological polar surface area (TPSA) is 43.8 Å². The lowest BCUT2D eigenvalue weighted by molar-refractivity contribution is 0.830. The van der Waals surface area contributed by atoms with Crippen molar-refractivity contribution in [2.45, 2.75) is 27.3 Å². The van der Waals surface area contributed by atoms with Gasteiger partial charge in [0, 0.05) is 12.2 Å². The summed E-state index contributed by atoms with van der Waals surface area (Å²) in [5.74, 6) is 0. The summed E-state index contributed by atoms with van der Waals surface area (Å²) in [6, 6.07) is 8.18. The molecule has 3 heteroatoms. The van der Waals surface area contributed by atoms with Crippen LogP contribution in [-0.4, -0.2) is 9.78 Å². The van der Waals surface area contributed by atoms with E-state index in [4.69, 9.17) is 5.73 Å². The molecule has 1 heterocycles. The van der Waals surface area contributed by atoms with Gasteiger partial charge in [-0.15, -0.1) is 0 Å². The number of aryl methyl sites for hydroxylation is 1. The average molecular weight is 215 g/mol. The van der Waals surface area contributed by atoms with Gasteiger partial charge in [-0.2, -0.15) is 5.10 Å². The number of nitrogens with two attached hydrogens (primary N) is 1. The fourth-order valence-corrected chi connectivity index (χ4v) is 1.79. The van der Waals surface area contributed by atoms with Crippen molar-refractivity contribution in [3.05, 3.63) is 46.8 Å². The van der Waals surface area contributed by atoms with Crippen molar-refractivity contribution in [3.63, 3.8) is 0 Å². The van der Waals surface area contributed by atoms with Gasteiger partial charge in [0.2, 0.25) is 0 Å². The van der Waals surface area contributed by atoms with Gasteiger partial charge in [-0.05, 0) is 44.0 Å². The van der Waals surface area contributed by atoms with Crippen molar-refractivity contribution in [3.8, 4) is 5.69 Å². The van der Waals surface area contributed by atoms with Crippen molar-refractivity contribution >= 4 is 0 Å². The summed E-state index contributed by atoms with van der Waals surface area (Å²) in [4.78, 5) is 0. The lowest BCUT2D eigenvalue weighted by atomic mass is 10.2. The number of hydrogen-bond acceptors (Lipinski definition) is 2. The zero-order chi connectivity index (χ0) is 11.7. The predicted octanol–water partition coefficient (Wildman–Crippen LogP) is 2.26. The molecule has 84 valence electrons. The smallest absolute Gasteiger partial charge is 0.0652 e. The lowest BCUT2D eigenvalue weighted by Crippen LogP contribution is -2.02. The van der Waals surface area contributed by atoms with Crippen LogP contribution >= 0.6 is 0 Å². The Kier molecular flexibility index (Phi) is 2.79. The number of hydrogen-bond donors (Lipinski definition) is 1. The normalized spacial score (nSPS) is 10.8. The van der Waals surface area contributed by atoms with Crippen LogP contribution in [0.4, 0.5) is 0 Å². The van der Waals surface area contributed by atoms with Gasteiger partial charge in [0.15, 0.2) is 0 Å². The summed E-state index contributed by atoms with van der Waals surface area (Å²) >= 11 is 0. The minimum absolute atomic E-state index is 0.562. The van der Waals surface area contributed by atoms with E-state index in [2.05, 4.69) is 31.1 Å². The van der Waals surface area contributed by atoms with Crippen LogP contribution < -0.4 is 5.73 Å². The molecule has 0 saturated carbocycles. The molecule has 0 spiro atoms. The summed E-state index contributed by atoms with van der Waals surface area (Å²) in [6.07, 6.45) is 0. The lowest BCUT2D eigenvalue weighted by Gasteiger charge is -2.06. The van der Waals surface area contributed by atoms with E-state index in [1.165, 1.54) is 11.3 Å². The SMILES string of the molecule is Cc1nn(-c2cccc(CN)c2)c(C)c1C. The van der Waals surface area contributed by atoms with Crippen molar-refractivity contribution in [2.24, 2.45) is 5.73 Å². The first kappa shape index (κ1) is 10.9. The molecule has 0 radical (unpaired) electrons. The van der Waals surface area contributed by atoms with Gasteiger partial charge in [-0.25, -0.2) is 4.68 Å². The van der Waals surface area contributed by atoms with Crippen molar-refractivity contribution in [1.29, 1.82) is 0 Å². The highest BCUT2D eigenvalue weighted by atomic mass is 15.3. The molecule has 3 nitrogen and oxygen atoms in total. The van der Waals surface area contributed by atoms with Crippen LogP contribution in [0.15, 0.2) is 24.3 Å². The van der Waals surface area contributed by atoms with Crippen LogP contribution in [0.3, 0.4) is 0 Å². The van der Waals surface area contributed by atoms with Gasteiger partial charge in [0.25, 0.3) is 0 Å². The third-order valence-corrected chi connectivity index (χ3v) is 3.04. The minimum Gasteiger partial charge on any atom is -0.326 e. The van der Waals surface area contributed by atoms with Crippen LogP contribution in [0.2, 0.25) is 0 Å². The second kappa shape index (κ2) is 4.10. The number of benzene rings is 1. The van der Waals surface area contributed by atoms with Crippen LogP contribution in [0.5, 0.6) is 0 Å². The summed E-state index contributed by atoms with van der Waals surface area (Å²) in [6.45, 7) is 6.78. The molecule has 2 N–H and O–H groups in total. The standard InChI is InChI=1S/C13H17N3/c1-9-10(2)15-16(11(9)3)13-6-4-5-12(7-13)8-14/h4-7H,8,14H2,1-3H3. The highest BCUT2D eigenvalue weighted by molar-refractivity contribution is 5.39. The van der Waals surface area contributed by atoms with Gasteiger partial charge in [0.05, 0.1) is 11.4 Å². The fraction of sp³-hybridized carbons (Fsp3) is 0.308. The highest BCUT2D eigenvalue weighted by Gasteiger charge is 2.08. The number of nitrogens with zero attached hydrogens (tertiary/aromatic N) is 2. The van der Waals surface area contributed by atoms with E-state index in [0.29, 0.717) is 6.54 Å². The molecule has 0 fully saturated rings. The van der Waals surface area contributed by atoms with E-state index in [9.17, 15) is 0 Å². The van der Waals surface area contributed by atoms with E-state index < -0.39 is 0 Å². The Bertz CT molecular complexity index is 512. The number of aromatic nitrogens is 2. The summed E-state index contributed by atoms with van der Waals surface area (Å²) < 4.78 is 1.98. The van der Waals surface area contributed by atoms with E-state index in [1.54, 1.807) is 0 Å². The molecule has 0 aliphatic heterocycles. The van der Waals surface area contributed by atoms with E-state index >= 15 is 0 Å². The molecule has 1 aromatic heterocycles. The third-order valence-electron chi connectivity index (χ3n) is 3.04. The minimum atomic E-state index is 0.562. The van der Waals surface area contributed by atoms with Crippen molar-refractivity contribution in [2.75, 3.05) is 0 Å². The van der Waals surface area contributed by atoms with Gasteiger partial charge in [0.1, 0.15) is 0 Å². The Hall–Kier alpha value is -1.61. The molecule has 2 aromatic rings. The Morgan fingerprint density at radius 2 is 2.00 bits per heavy atom. The first-order valence-corrected chi connectivity index (χ1v) is 5.45. The van der Waals surface area contributed by atoms with E-state index in [1.807, 2.05) is 23.7 Å². The second-order valence-electron chi connectivity index (χ2n) is 4.08. The average Bonchev–Trinajstić information content (AvgIpc) is 2.57. The fourth-order valence-electron chi connectivity index (χ4n) is 1.79. The molecule has 0 amide bonds. The molecular formula is C13H17N3. The summed E-state index contributed by atoms with van der Waals surface area (Å²) in [7, 11) is 0. The van der Waals surface area contributed by atoms with Crippen LogP contribution in [0.1, 0.15) is 22.5 Å². The quantitative estimate of drug-likeness (QED) is 0.835. The monoisotopic (exact) mass is 215 g/mol. The van der Waals surface area contributed by atoms with Gasteiger partial charge in [-0.3, -0.25) is 0 Å². The Balaban J connectivity index is 2.54. The molecule has 1 aromatic carbocycles. The summed E-state index contributed by atoms with van der Waals surface area (Å²) in [5, 5.41) is 4.53. The number of rotatable bonds is 2. The molecule has 0 bridgehead atoms. The molecule has 16 heavy (non-hydrogen) atoms. The third kappa shape index (κ3) is 1.74. The molecule has 2 rings (SSSR count). The summed E-state index contributed by atoms with van der Waals surface area (Å²) in [5.41, 5.74) is 11.4. The first-order chi connectivity index (χ1) is 7.63. The highest BCUT2D eigenvalue weighted by Crippen LogP contribution is 2.17. The van der Waals surface area contributed by atoms with Gasteiger partial charge in [-0.1, -0.05) is 12.1 Å². The predicted molar refractivity (Wildman–Crippen MR) is 65.7 cm³/mol. The van der Waals surface area contributed by atoms with Crippen molar-refractivity contribution in [1.82, 2.24) is 9.78 Å². The molecular weight excluding hydrogens is 198 g/mol. The zero-order valence-electron chi connectivity index (χ0n) is 9.99. The molecule has 0 aliphatic carbocycles. The first-order valence-electron chi connectivity index (χ1n) is 5.45. The van der Waals surface area contributed by atoms with Gasteiger partial charge < -0.3 is 5.73 Å². The maximum atomic E-state index is 5.64. The van der Waals surface area contributed by atoms with Gasteiger partial charge >= 0.3 is 0 Å². The Labute approximate surface area is 95.9 Å². The molecule has 0 aliphatic rings. The zero-order valence-corrected chi connectivity index (χ0v) is 9.99. The Morgan fingerprint density at radius 3 is 2.56 bits per heavy atom. The maximum Gasteiger partial charge on any atom is 0.0652 e. The van der Waals surface area contributed by atoms with Crippen LogP contribution in [0.25, 0.3) is 5.69 Å². The van der Waals surface area contributed by atoms with Crippen molar-refractivity contribution < 1.29 is 0 Å². The Morgan fingerprint density at radius 1 is 1.25 bits per heavy atom. The van der Waals surface area contributed by atoms with Crippen LogP contribution in [0, 0.1) is 20.8 Å². The molecule has 0 saturated heterocycles. The van der Waals surface area contributed by atoms with E-state index in [0.717, 1.165) is 16.9 Å². The second-order valence-corrected chi connectivity index (χ2v) is 4.08. The maximum absolute atomic E-state index is 5.64. The molecule has 0 unspecified atom stereocenters. The van der Waals surface area contributed by atoms with Crippen LogP contribution in [-0.2, 0) is 6.54 Å². The molecule has 0 atom stereocenters.